The van der Waals surface area contributed by atoms with Gasteiger partial charge in [0, 0.05) is 33.2 Å². The number of aromatic nitrogens is 2. The summed E-state index contributed by atoms with van der Waals surface area (Å²) in [6, 6.07) is 0. The molecular weight excluding hydrogens is 212 g/mol. The Hall–Kier alpha value is -1.03. The summed E-state index contributed by atoms with van der Waals surface area (Å²) < 4.78 is 2.03. The van der Waals surface area contributed by atoms with Gasteiger partial charge < -0.3 is 10.2 Å². The fourth-order valence-electron chi connectivity index (χ4n) is 2.33. The summed E-state index contributed by atoms with van der Waals surface area (Å²) in [4.78, 5) is 2.45. The molecule has 0 aromatic carbocycles. The van der Waals surface area contributed by atoms with Crippen LogP contribution in [0.1, 0.15) is 26.5 Å². The fraction of sp³-hybridized carbons (Fsp3) is 0.769. The second kappa shape index (κ2) is 4.69. The first-order valence-electron chi connectivity index (χ1n) is 6.44. The molecule has 1 fully saturated rings. The second-order valence-electron chi connectivity index (χ2n) is 6.07. The van der Waals surface area contributed by atoms with Gasteiger partial charge in [-0.1, -0.05) is 20.8 Å². The molecule has 4 nitrogen and oxygen atoms in total. The van der Waals surface area contributed by atoms with Crippen molar-refractivity contribution in [1.82, 2.24) is 15.1 Å². The first-order chi connectivity index (χ1) is 7.97. The monoisotopic (exact) mass is 236 g/mol. The predicted octanol–water partition coefficient (Wildman–Crippen LogP) is 1.42. The van der Waals surface area contributed by atoms with Crippen LogP contribution in [0.3, 0.4) is 0 Å². The zero-order valence-corrected chi connectivity index (χ0v) is 11.5. The Morgan fingerprint density at radius 2 is 1.94 bits per heavy atom. The molecule has 0 unspecified atom stereocenters. The van der Waals surface area contributed by atoms with Crippen LogP contribution in [0.15, 0.2) is 6.20 Å². The van der Waals surface area contributed by atoms with Crippen LogP contribution in [0.5, 0.6) is 0 Å². The standard InChI is InChI=1S/C13H24N4/c1-13(2,3)9-11-12(10-15-16(11)4)17-7-5-14-6-8-17/h10,14H,5-9H2,1-4H3. The van der Waals surface area contributed by atoms with Gasteiger partial charge in [-0.25, -0.2) is 0 Å². The number of hydrogen-bond donors (Lipinski definition) is 1. The van der Waals surface area contributed by atoms with Gasteiger partial charge in [0.25, 0.3) is 0 Å². The Balaban J connectivity index is 2.21. The van der Waals surface area contributed by atoms with Crippen LogP contribution in [-0.2, 0) is 13.5 Å². The molecule has 1 N–H and O–H groups in total. The van der Waals surface area contributed by atoms with Crippen LogP contribution >= 0.6 is 0 Å². The average Bonchev–Trinajstić information content (AvgIpc) is 2.60. The minimum Gasteiger partial charge on any atom is -0.366 e. The summed E-state index contributed by atoms with van der Waals surface area (Å²) in [5, 5.41) is 7.82. The molecule has 2 rings (SSSR count). The zero-order chi connectivity index (χ0) is 12.5. The van der Waals surface area contributed by atoms with Crippen molar-refractivity contribution in [1.29, 1.82) is 0 Å². The molecular formula is C13H24N4. The van der Waals surface area contributed by atoms with E-state index in [1.807, 2.05) is 17.9 Å². The van der Waals surface area contributed by atoms with Gasteiger partial charge in [0.2, 0.25) is 0 Å². The molecule has 0 radical (unpaired) electrons. The molecule has 0 spiro atoms. The largest absolute Gasteiger partial charge is 0.366 e. The average molecular weight is 236 g/mol. The number of nitrogens with zero attached hydrogens (tertiary/aromatic N) is 3. The SMILES string of the molecule is Cn1ncc(N2CCNCC2)c1CC(C)(C)C. The van der Waals surface area contributed by atoms with E-state index in [9.17, 15) is 0 Å². The molecule has 1 aliphatic heterocycles. The molecule has 1 aromatic rings. The van der Waals surface area contributed by atoms with Gasteiger partial charge in [0.15, 0.2) is 0 Å². The quantitative estimate of drug-likeness (QED) is 0.843. The van der Waals surface area contributed by atoms with E-state index in [2.05, 4.69) is 36.1 Å². The highest BCUT2D eigenvalue weighted by molar-refractivity contribution is 5.50. The lowest BCUT2D eigenvalue weighted by molar-refractivity contribution is 0.397. The number of piperazine rings is 1. The maximum Gasteiger partial charge on any atom is 0.0786 e. The fourth-order valence-corrected chi connectivity index (χ4v) is 2.33. The van der Waals surface area contributed by atoms with E-state index in [4.69, 9.17) is 0 Å². The van der Waals surface area contributed by atoms with Gasteiger partial charge in [-0.05, 0) is 11.8 Å². The van der Waals surface area contributed by atoms with Crippen molar-refractivity contribution in [3.63, 3.8) is 0 Å². The van der Waals surface area contributed by atoms with E-state index in [-0.39, 0.29) is 0 Å². The molecule has 0 amide bonds. The lowest BCUT2D eigenvalue weighted by atomic mass is 9.90. The molecule has 17 heavy (non-hydrogen) atoms. The van der Waals surface area contributed by atoms with Gasteiger partial charge in [0.1, 0.15) is 0 Å². The molecule has 2 heterocycles. The Kier molecular flexibility index (Phi) is 3.43. The van der Waals surface area contributed by atoms with Crippen LogP contribution in [0, 0.1) is 5.41 Å². The second-order valence-corrected chi connectivity index (χ2v) is 6.07. The summed E-state index contributed by atoms with van der Waals surface area (Å²) in [6.07, 6.45) is 3.09. The highest BCUT2D eigenvalue weighted by Gasteiger charge is 2.21. The van der Waals surface area contributed by atoms with Crippen LogP contribution in [-0.4, -0.2) is 36.0 Å². The minimum absolute atomic E-state index is 0.302. The first-order valence-corrected chi connectivity index (χ1v) is 6.44. The summed E-state index contributed by atoms with van der Waals surface area (Å²) in [5.74, 6) is 0. The molecule has 0 atom stereocenters. The molecule has 0 saturated carbocycles. The molecule has 1 aromatic heterocycles. The van der Waals surface area contributed by atoms with Crippen LogP contribution in [0.25, 0.3) is 0 Å². The van der Waals surface area contributed by atoms with E-state index >= 15 is 0 Å². The highest BCUT2D eigenvalue weighted by Crippen LogP contribution is 2.27. The van der Waals surface area contributed by atoms with Gasteiger partial charge in [-0.2, -0.15) is 5.10 Å². The molecule has 1 saturated heterocycles. The van der Waals surface area contributed by atoms with Crippen molar-refractivity contribution in [3.8, 4) is 0 Å². The normalized spacial score (nSPS) is 17.5. The molecule has 96 valence electrons. The number of rotatable bonds is 2. The maximum absolute atomic E-state index is 4.43. The minimum atomic E-state index is 0.302. The third-order valence-electron chi connectivity index (χ3n) is 3.19. The van der Waals surface area contributed by atoms with Crippen molar-refractivity contribution in [2.75, 3.05) is 31.1 Å². The van der Waals surface area contributed by atoms with Crippen LogP contribution < -0.4 is 10.2 Å². The van der Waals surface area contributed by atoms with Crippen molar-refractivity contribution < 1.29 is 0 Å². The van der Waals surface area contributed by atoms with Gasteiger partial charge in [0.05, 0.1) is 17.6 Å². The highest BCUT2D eigenvalue weighted by atomic mass is 15.3. The molecule has 0 bridgehead atoms. The molecule has 4 heteroatoms. The van der Waals surface area contributed by atoms with Gasteiger partial charge in [-0.3, -0.25) is 4.68 Å². The number of aryl methyl sites for hydroxylation is 1. The summed E-state index contributed by atoms with van der Waals surface area (Å²) in [7, 11) is 2.05. The Morgan fingerprint density at radius 3 is 2.53 bits per heavy atom. The van der Waals surface area contributed by atoms with E-state index in [1.165, 1.54) is 11.4 Å². The summed E-state index contributed by atoms with van der Waals surface area (Å²) >= 11 is 0. The topological polar surface area (TPSA) is 33.1 Å². The van der Waals surface area contributed by atoms with Gasteiger partial charge >= 0.3 is 0 Å². The third-order valence-corrected chi connectivity index (χ3v) is 3.19. The predicted molar refractivity (Wildman–Crippen MR) is 71.4 cm³/mol. The number of anilines is 1. The summed E-state index contributed by atoms with van der Waals surface area (Å²) in [5.41, 5.74) is 2.99. The van der Waals surface area contributed by atoms with E-state index in [0.29, 0.717) is 5.41 Å². The molecule has 0 aliphatic carbocycles. The lowest BCUT2D eigenvalue weighted by Crippen LogP contribution is -2.43. The van der Waals surface area contributed by atoms with Crippen molar-refractivity contribution in [3.05, 3.63) is 11.9 Å². The number of hydrogen-bond acceptors (Lipinski definition) is 3. The smallest absolute Gasteiger partial charge is 0.0786 e. The van der Waals surface area contributed by atoms with Gasteiger partial charge in [-0.15, -0.1) is 0 Å². The Labute approximate surface area is 104 Å². The number of nitrogens with one attached hydrogen (secondary N) is 1. The molecule has 1 aliphatic rings. The maximum atomic E-state index is 4.43. The lowest BCUT2D eigenvalue weighted by Gasteiger charge is -2.30. The Morgan fingerprint density at radius 1 is 1.29 bits per heavy atom. The van der Waals surface area contributed by atoms with Crippen LogP contribution in [0.4, 0.5) is 5.69 Å². The van der Waals surface area contributed by atoms with E-state index in [0.717, 1.165) is 32.6 Å². The zero-order valence-electron chi connectivity index (χ0n) is 11.5. The first kappa shape index (κ1) is 12.4. The summed E-state index contributed by atoms with van der Waals surface area (Å²) in [6.45, 7) is 11.2. The van der Waals surface area contributed by atoms with Crippen molar-refractivity contribution in [2.24, 2.45) is 12.5 Å². The third kappa shape index (κ3) is 3.00. The Bertz CT molecular complexity index is 369. The van der Waals surface area contributed by atoms with Crippen molar-refractivity contribution in [2.45, 2.75) is 27.2 Å². The van der Waals surface area contributed by atoms with Crippen molar-refractivity contribution >= 4 is 5.69 Å². The van der Waals surface area contributed by atoms with Crippen LogP contribution in [0.2, 0.25) is 0 Å². The van der Waals surface area contributed by atoms with E-state index in [1.54, 1.807) is 0 Å². The van der Waals surface area contributed by atoms with E-state index < -0.39 is 0 Å².